The van der Waals surface area contributed by atoms with Gasteiger partial charge in [0.2, 0.25) is 0 Å². The number of aromatic nitrogens is 2. The number of nitrogens with zero attached hydrogens (tertiary/aromatic N) is 2. The van der Waals surface area contributed by atoms with E-state index in [9.17, 15) is 4.79 Å². The molecular formula is C8H15N3O. The number of rotatable bonds is 1. The largest absolute Gasteiger partial charge is 0.383 e. The fourth-order valence-corrected chi connectivity index (χ4v) is 0.819. The smallest absolute Gasteiger partial charge is 0.349 e. The lowest BCUT2D eigenvalue weighted by molar-refractivity contribution is 0.565. The summed E-state index contributed by atoms with van der Waals surface area (Å²) >= 11 is 0. The van der Waals surface area contributed by atoms with Crippen LogP contribution in [0.5, 0.6) is 0 Å². The monoisotopic (exact) mass is 169 g/mol. The van der Waals surface area contributed by atoms with Gasteiger partial charge >= 0.3 is 5.69 Å². The summed E-state index contributed by atoms with van der Waals surface area (Å²) in [4.78, 5) is 14.6. The average Bonchev–Trinajstić information content (AvgIpc) is 1.85. The Hall–Kier alpha value is -1.32. The Morgan fingerprint density at radius 2 is 2.17 bits per heavy atom. The van der Waals surface area contributed by atoms with Crippen LogP contribution in [-0.4, -0.2) is 9.55 Å². The van der Waals surface area contributed by atoms with Gasteiger partial charge in [-0.05, 0) is 19.9 Å². The highest BCUT2D eigenvalue weighted by atomic mass is 16.1. The summed E-state index contributed by atoms with van der Waals surface area (Å²) in [5.74, 6) is 0.270. The summed E-state index contributed by atoms with van der Waals surface area (Å²) in [7, 11) is 0. The van der Waals surface area contributed by atoms with Crippen molar-refractivity contribution in [2.45, 2.75) is 27.3 Å². The second kappa shape index (κ2) is 3.90. The van der Waals surface area contributed by atoms with E-state index in [4.69, 9.17) is 5.73 Å². The SMILES string of the molecule is C.CC(C)n1ccc(N)nc1=O. The van der Waals surface area contributed by atoms with Crippen molar-refractivity contribution >= 4 is 5.82 Å². The molecule has 12 heavy (non-hydrogen) atoms. The van der Waals surface area contributed by atoms with Crippen LogP contribution in [-0.2, 0) is 0 Å². The van der Waals surface area contributed by atoms with E-state index < -0.39 is 0 Å². The molecule has 0 bridgehead atoms. The van der Waals surface area contributed by atoms with Crippen LogP contribution in [0.1, 0.15) is 27.3 Å². The molecule has 0 saturated heterocycles. The summed E-state index contributed by atoms with van der Waals surface area (Å²) < 4.78 is 1.52. The molecule has 1 rings (SSSR count). The maximum Gasteiger partial charge on any atom is 0.349 e. The van der Waals surface area contributed by atoms with Gasteiger partial charge in [0.15, 0.2) is 0 Å². The first-order valence-corrected chi connectivity index (χ1v) is 3.46. The Kier molecular flexibility index (Phi) is 3.47. The van der Waals surface area contributed by atoms with E-state index in [-0.39, 0.29) is 25.0 Å². The van der Waals surface area contributed by atoms with E-state index in [0.717, 1.165) is 0 Å². The maximum atomic E-state index is 11.1. The number of nitrogens with two attached hydrogens (primary N) is 1. The lowest BCUT2D eigenvalue weighted by Crippen LogP contribution is -2.24. The highest BCUT2D eigenvalue weighted by molar-refractivity contribution is 5.23. The molecule has 4 nitrogen and oxygen atoms in total. The first-order chi connectivity index (χ1) is 5.11. The molecule has 0 radical (unpaired) electrons. The van der Waals surface area contributed by atoms with Crippen LogP contribution in [0.25, 0.3) is 0 Å². The minimum atomic E-state index is -0.292. The molecule has 0 saturated carbocycles. The molecule has 0 spiro atoms. The third-order valence-electron chi connectivity index (χ3n) is 1.41. The van der Waals surface area contributed by atoms with Crippen molar-refractivity contribution in [3.8, 4) is 0 Å². The molecule has 4 heteroatoms. The average molecular weight is 169 g/mol. The number of nitrogen functional groups attached to an aromatic ring is 1. The third kappa shape index (κ3) is 2.08. The highest BCUT2D eigenvalue weighted by Crippen LogP contribution is 1.98. The topological polar surface area (TPSA) is 60.9 Å². The molecule has 1 aromatic heterocycles. The van der Waals surface area contributed by atoms with Crippen molar-refractivity contribution in [3.05, 3.63) is 22.7 Å². The van der Waals surface area contributed by atoms with Gasteiger partial charge in [-0.25, -0.2) is 4.79 Å². The van der Waals surface area contributed by atoms with Crippen molar-refractivity contribution in [1.29, 1.82) is 0 Å². The lowest BCUT2D eigenvalue weighted by Gasteiger charge is -2.07. The van der Waals surface area contributed by atoms with Gasteiger partial charge in [-0.15, -0.1) is 0 Å². The molecule has 1 aromatic rings. The van der Waals surface area contributed by atoms with Crippen molar-refractivity contribution in [2.75, 3.05) is 5.73 Å². The fourth-order valence-electron chi connectivity index (χ4n) is 0.819. The van der Waals surface area contributed by atoms with Gasteiger partial charge in [0.05, 0.1) is 0 Å². The van der Waals surface area contributed by atoms with Gasteiger partial charge in [0.25, 0.3) is 0 Å². The Balaban J connectivity index is 0.00000121. The zero-order valence-corrected chi connectivity index (χ0v) is 6.61. The molecule has 0 aliphatic heterocycles. The summed E-state index contributed by atoms with van der Waals surface area (Å²) in [6.07, 6.45) is 1.65. The van der Waals surface area contributed by atoms with Gasteiger partial charge in [0, 0.05) is 12.2 Å². The van der Waals surface area contributed by atoms with Gasteiger partial charge in [-0.1, -0.05) is 7.43 Å². The Bertz CT molecular complexity index is 303. The quantitative estimate of drug-likeness (QED) is 0.683. The molecule has 0 atom stereocenters. The van der Waals surface area contributed by atoms with E-state index in [1.807, 2.05) is 13.8 Å². The van der Waals surface area contributed by atoms with E-state index in [0.29, 0.717) is 0 Å². The summed E-state index contributed by atoms with van der Waals surface area (Å²) in [6.45, 7) is 3.83. The molecular weight excluding hydrogens is 154 g/mol. The third-order valence-corrected chi connectivity index (χ3v) is 1.41. The molecule has 0 unspecified atom stereocenters. The molecule has 0 aliphatic carbocycles. The van der Waals surface area contributed by atoms with Crippen LogP contribution >= 0.6 is 0 Å². The van der Waals surface area contributed by atoms with Gasteiger partial charge in [-0.3, -0.25) is 4.57 Å². The van der Waals surface area contributed by atoms with Gasteiger partial charge in [-0.2, -0.15) is 4.98 Å². The van der Waals surface area contributed by atoms with E-state index >= 15 is 0 Å². The molecule has 1 heterocycles. The van der Waals surface area contributed by atoms with Crippen LogP contribution in [0.3, 0.4) is 0 Å². The summed E-state index contributed by atoms with van der Waals surface area (Å²) in [5, 5.41) is 0. The molecule has 68 valence electrons. The van der Waals surface area contributed by atoms with E-state index in [2.05, 4.69) is 4.98 Å². The summed E-state index contributed by atoms with van der Waals surface area (Å²) in [6, 6.07) is 1.75. The van der Waals surface area contributed by atoms with Crippen molar-refractivity contribution in [2.24, 2.45) is 0 Å². The second-order valence-corrected chi connectivity index (χ2v) is 2.64. The van der Waals surface area contributed by atoms with Crippen LogP contribution in [0.15, 0.2) is 17.1 Å². The standard InChI is InChI=1S/C7H11N3O.CH4/c1-5(2)10-4-3-6(8)9-7(10)11;/h3-5H,1-2H3,(H2,8,9,11);1H4. The first-order valence-electron chi connectivity index (χ1n) is 3.46. The predicted octanol–water partition coefficient (Wildman–Crippen LogP) is 1.04. The minimum Gasteiger partial charge on any atom is -0.383 e. The van der Waals surface area contributed by atoms with Gasteiger partial charge in [0.1, 0.15) is 5.82 Å². The number of anilines is 1. The number of hydrogen-bond acceptors (Lipinski definition) is 3. The van der Waals surface area contributed by atoms with Crippen LogP contribution in [0.4, 0.5) is 5.82 Å². The summed E-state index contributed by atoms with van der Waals surface area (Å²) in [5.41, 5.74) is 5.01. The van der Waals surface area contributed by atoms with Gasteiger partial charge < -0.3 is 5.73 Å². The van der Waals surface area contributed by atoms with Crippen LogP contribution in [0.2, 0.25) is 0 Å². The molecule has 0 aliphatic rings. The Morgan fingerprint density at radius 1 is 1.58 bits per heavy atom. The lowest BCUT2D eigenvalue weighted by atomic mass is 10.4. The Labute approximate surface area is 72.0 Å². The molecule has 2 N–H and O–H groups in total. The van der Waals surface area contributed by atoms with E-state index in [1.165, 1.54) is 4.57 Å². The Morgan fingerprint density at radius 3 is 2.58 bits per heavy atom. The van der Waals surface area contributed by atoms with Crippen molar-refractivity contribution < 1.29 is 0 Å². The highest BCUT2D eigenvalue weighted by Gasteiger charge is 1.99. The fraction of sp³-hybridized carbons (Fsp3) is 0.500. The minimum absolute atomic E-state index is 0. The van der Waals surface area contributed by atoms with Crippen LogP contribution < -0.4 is 11.4 Å². The second-order valence-electron chi connectivity index (χ2n) is 2.64. The van der Waals surface area contributed by atoms with Crippen molar-refractivity contribution in [1.82, 2.24) is 9.55 Å². The number of hydrogen-bond donors (Lipinski definition) is 1. The molecule has 0 amide bonds. The molecule has 0 fully saturated rings. The molecule has 0 aromatic carbocycles. The maximum absolute atomic E-state index is 11.1. The van der Waals surface area contributed by atoms with Crippen LogP contribution in [0, 0.1) is 0 Å². The first kappa shape index (κ1) is 10.7. The predicted molar refractivity (Wildman–Crippen MR) is 50.0 cm³/mol. The van der Waals surface area contributed by atoms with E-state index in [1.54, 1.807) is 12.3 Å². The van der Waals surface area contributed by atoms with Crippen molar-refractivity contribution in [3.63, 3.8) is 0 Å². The zero-order chi connectivity index (χ0) is 8.43. The normalized spacial score (nSPS) is 9.58. The zero-order valence-electron chi connectivity index (χ0n) is 6.61.